The van der Waals surface area contributed by atoms with Gasteiger partial charge in [-0.1, -0.05) is 200 Å². The highest BCUT2D eigenvalue weighted by molar-refractivity contribution is 7.20. The number of pyridine rings is 1. The second-order valence-corrected chi connectivity index (χ2v) is 17.7. The topological polar surface area (TPSA) is 43.1 Å². The van der Waals surface area contributed by atoms with Crippen molar-refractivity contribution in [2.75, 3.05) is 0 Å². The fourth-order valence-corrected chi connectivity index (χ4v) is 13.4. The first-order chi connectivity index (χ1) is 27.8. The Hall–Kier alpha value is -7.21. The zero-order valence-electron chi connectivity index (χ0n) is 30.6. The molecule has 0 saturated carbocycles. The number of fused-ring (bicyclic) bond motifs is 3. The van der Waals surface area contributed by atoms with E-state index in [1.54, 1.807) is 0 Å². The van der Waals surface area contributed by atoms with Gasteiger partial charge in [-0.3, -0.25) is 0 Å². The number of benzene rings is 7. The third-order valence-electron chi connectivity index (χ3n) is 10.8. The average molecular weight is 733 g/mol. The van der Waals surface area contributed by atoms with Crippen LogP contribution in [0.2, 0.25) is 0 Å². The standard InChI is InChI=1S/C51H36N4Si/c1-6-21-37(22-7-1)48-42-31-16-18-33-44(42)55-45(48)34-20-35-46(55)51-53-49(38-23-8-2-9-24-38)52-50(54-51)43-32-17-19-36-47(43)56(39-25-10-3-11-26-39,40-27-12-4-13-28-40)41-29-14-5-15-30-41/h1-36H. The number of hydrogen-bond acceptors (Lipinski definition) is 3. The summed E-state index contributed by atoms with van der Waals surface area (Å²) in [5.74, 6) is 1.88. The predicted molar refractivity (Wildman–Crippen MR) is 234 cm³/mol. The highest BCUT2D eigenvalue weighted by atomic mass is 28.3. The first-order valence-corrected chi connectivity index (χ1v) is 21.0. The van der Waals surface area contributed by atoms with E-state index < -0.39 is 8.07 Å². The minimum atomic E-state index is -2.94. The number of hydrogen-bond donors (Lipinski definition) is 0. The quantitative estimate of drug-likeness (QED) is 0.116. The molecular formula is C51H36N4Si. The fourth-order valence-electron chi connectivity index (χ4n) is 8.43. The second kappa shape index (κ2) is 14.2. The lowest BCUT2D eigenvalue weighted by atomic mass is 10.0. The molecule has 0 unspecified atom stereocenters. The zero-order valence-corrected chi connectivity index (χ0v) is 31.6. The summed E-state index contributed by atoms with van der Waals surface area (Å²) in [5.41, 5.74) is 7.38. The molecule has 7 aromatic carbocycles. The van der Waals surface area contributed by atoms with Gasteiger partial charge >= 0.3 is 0 Å². The Bertz CT molecular complexity index is 2850. The molecule has 0 aliphatic rings. The summed E-state index contributed by atoms with van der Waals surface area (Å²) in [4.78, 5) is 16.1. The molecular weight excluding hydrogens is 697 g/mol. The molecule has 4 nitrogen and oxygen atoms in total. The van der Waals surface area contributed by atoms with E-state index in [1.807, 2.05) is 18.2 Å². The van der Waals surface area contributed by atoms with Crippen molar-refractivity contribution in [3.8, 4) is 45.4 Å². The molecule has 56 heavy (non-hydrogen) atoms. The molecule has 0 atom stereocenters. The Labute approximate surface area is 327 Å². The Morgan fingerprint density at radius 1 is 0.339 bits per heavy atom. The monoisotopic (exact) mass is 732 g/mol. The second-order valence-electron chi connectivity index (χ2n) is 14.0. The van der Waals surface area contributed by atoms with Crippen molar-refractivity contribution in [3.05, 3.63) is 218 Å². The van der Waals surface area contributed by atoms with Gasteiger partial charge in [-0.05, 0) is 44.5 Å². The van der Waals surface area contributed by atoms with Crippen molar-refractivity contribution in [1.82, 2.24) is 19.4 Å². The van der Waals surface area contributed by atoms with Crippen LogP contribution >= 0.6 is 0 Å². The Balaban J connectivity index is 1.29. The Morgan fingerprint density at radius 3 is 1.43 bits per heavy atom. The van der Waals surface area contributed by atoms with Gasteiger partial charge in [-0.15, -0.1) is 0 Å². The lowest BCUT2D eigenvalue weighted by Crippen LogP contribution is -2.75. The SMILES string of the molecule is c1ccc(-c2nc(-c3ccccc3[Si](c3ccccc3)(c3ccccc3)c3ccccc3)nc(-c3cccc4c(-c5ccccc5)c5ccccc5n34)n2)cc1. The molecule has 264 valence electrons. The van der Waals surface area contributed by atoms with E-state index in [4.69, 9.17) is 15.0 Å². The molecule has 0 radical (unpaired) electrons. The van der Waals surface area contributed by atoms with E-state index >= 15 is 0 Å². The minimum absolute atomic E-state index is 0.612. The highest BCUT2D eigenvalue weighted by Gasteiger charge is 2.43. The van der Waals surface area contributed by atoms with E-state index in [0.717, 1.165) is 27.9 Å². The molecule has 10 rings (SSSR count). The summed E-state index contributed by atoms with van der Waals surface area (Å²) < 4.78 is 2.31. The molecule has 0 saturated heterocycles. The number of nitrogens with zero attached hydrogens (tertiary/aromatic N) is 4. The van der Waals surface area contributed by atoms with Gasteiger partial charge < -0.3 is 4.40 Å². The molecule has 0 bridgehead atoms. The maximum atomic E-state index is 5.47. The van der Waals surface area contributed by atoms with Gasteiger partial charge in [-0.2, -0.15) is 0 Å². The van der Waals surface area contributed by atoms with E-state index in [2.05, 4.69) is 205 Å². The van der Waals surface area contributed by atoms with Crippen LogP contribution < -0.4 is 20.7 Å². The third-order valence-corrected chi connectivity index (χ3v) is 15.7. The molecule has 3 heterocycles. The maximum Gasteiger partial charge on any atom is 0.180 e. The van der Waals surface area contributed by atoms with Crippen LogP contribution in [-0.4, -0.2) is 27.4 Å². The molecule has 5 heteroatoms. The molecule has 0 aliphatic heterocycles. The maximum absolute atomic E-state index is 5.47. The first-order valence-electron chi connectivity index (χ1n) is 19.0. The smallest absolute Gasteiger partial charge is 0.180 e. The van der Waals surface area contributed by atoms with E-state index in [-0.39, 0.29) is 0 Å². The molecule has 0 amide bonds. The van der Waals surface area contributed by atoms with Crippen molar-refractivity contribution >= 4 is 45.2 Å². The lowest BCUT2D eigenvalue weighted by molar-refractivity contribution is 1.05. The van der Waals surface area contributed by atoms with Crippen LogP contribution in [0, 0.1) is 0 Å². The van der Waals surface area contributed by atoms with E-state index in [0.29, 0.717) is 17.5 Å². The summed E-state index contributed by atoms with van der Waals surface area (Å²) in [7, 11) is -2.94. The minimum Gasteiger partial charge on any atom is -0.306 e. The van der Waals surface area contributed by atoms with Crippen molar-refractivity contribution in [2.24, 2.45) is 0 Å². The largest absolute Gasteiger partial charge is 0.306 e. The van der Waals surface area contributed by atoms with Crippen LogP contribution in [0.3, 0.4) is 0 Å². The summed E-state index contributed by atoms with van der Waals surface area (Å²) in [6.07, 6.45) is 0. The summed E-state index contributed by atoms with van der Waals surface area (Å²) in [6.45, 7) is 0. The van der Waals surface area contributed by atoms with Gasteiger partial charge in [0, 0.05) is 22.1 Å². The Kier molecular flexibility index (Phi) is 8.47. The van der Waals surface area contributed by atoms with Crippen LogP contribution in [0.15, 0.2) is 218 Å². The van der Waals surface area contributed by atoms with Gasteiger partial charge in [0.25, 0.3) is 0 Å². The fraction of sp³-hybridized carbons (Fsp3) is 0. The number of rotatable bonds is 8. The van der Waals surface area contributed by atoms with Crippen molar-refractivity contribution in [2.45, 2.75) is 0 Å². The van der Waals surface area contributed by atoms with Crippen LogP contribution in [0.4, 0.5) is 0 Å². The summed E-state index contributed by atoms with van der Waals surface area (Å²) in [5, 5.41) is 6.27. The summed E-state index contributed by atoms with van der Waals surface area (Å²) in [6, 6.07) is 77.7. The van der Waals surface area contributed by atoms with Crippen molar-refractivity contribution < 1.29 is 0 Å². The van der Waals surface area contributed by atoms with Gasteiger partial charge in [0.1, 0.15) is 0 Å². The highest BCUT2D eigenvalue weighted by Crippen LogP contribution is 2.38. The van der Waals surface area contributed by atoms with Crippen molar-refractivity contribution in [3.63, 3.8) is 0 Å². The van der Waals surface area contributed by atoms with E-state index in [1.165, 1.54) is 37.3 Å². The molecule has 3 aromatic heterocycles. The number of para-hydroxylation sites is 1. The lowest BCUT2D eigenvalue weighted by Gasteiger charge is -2.35. The molecule has 0 fully saturated rings. The first kappa shape index (κ1) is 33.4. The normalized spacial score (nSPS) is 11.6. The zero-order chi connectivity index (χ0) is 37.3. The average Bonchev–Trinajstić information content (AvgIpc) is 3.63. The predicted octanol–water partition coefficient (Wildman–Crippen LogP) is 9.32. The van der Waals surface area contributed by atoms with Crippen LogP contribution in [-0.2, 0) is 0 Å². The van der Waals surface area contributed by atoms with Gasteiger partial charge in [0.15, 0.2) is 25.5 Å². The van der Waals surface area contributed by atoms with Crippen molar-refractivity contribution in [1.29, 1.82) is 0 Å². The van der Waals surface area contributed by atoms with Gasteiger partial charge in [-0.25, -0.2) is 15.0 Å². The molecule has 10 aromatic rings. The Morgan fingerprint density at radius 2 is 0.804 bits per heavy atom. The molecule has 0 spiro atoms. The van der Waals surface area contributed by atoms with Crippen LogP contribution in [0.5, 0.6) is 0 Å². The van der Waals surface area contributed by atoms with Gasteiger partial charge in [0.2, 0.25) is 0 Å². The third kappa shape index (κ3) is 5.56. The van der Waals surface area contributed by atoms with Crippen LogP contribution in [0.25, 0.3) is 61.8 Å². The van der Waals surface area contributed by atoms with Crippen LogP contribution in [0.1, 0.15) is 0 Å². The molecule has 0 aliphatic carbocycles. The van der Waals surface area contributed by atoms with E-state index in [9.17, 15) is 0 Å². The number of aromatic nitrogens is 4. The summed E-state index contributed by atoms with van der Waals surface area (Å²) >= 11 is 0. The molecule has 0 N–H and O–H groups in total. The van der Waals surface area contributed by atoms with Gasteiger partial charge in [0.05, 0.1) is 16.7 Å².